The van der Waals surface area contributed by atoms with Crippen LogP contribution in [0.3, 0.4) is 0 Å². The molecule has 0 aromatic heterocycles. The summed E-state index contributed by atoms with van der Waals surface area (Å²) in [5, 5.41) is 0. The Labute approximate surface area is 78.3 Å². The van der Waals surface area contributed by atoms with Gasteiger partial charge in [-0.3, -0.25) is 0 Å². The summed E-state index contributed by atoms with van der Waals surface area (Å²) in [6, 6.07) is 0. The van der Waals surface area contributed by atoms with Crippen LogP contribution in [0.1, 0.15) is 25.7 Å². The number of rotatable bonds is 0. The zero-order valence-electron chi connectivity index (χ0n) is 7.66. The Bertz CT molecular complexity index is 265. The molecular weight excluding hydrogens is 164 g/mol. The van der Waals surface area contributed by atoms with Crippen LogP contribution in [-0.2, 0) is 9.53 Å². The van der Waals surface area contributed by atoms with Crippen molar-refractivity contribution in [2.75, 3.05) is 0 Å². The molecule has 0 amide bonds. The predicted molar refractivity (Wildman–Crippen MR) is 50.1 cm³/mol. The third-order valence-electron chi connectivity index (χ3n) is 2.85. The van der Waals surface area contributed by atoms with E-state index in [-0.39, 0.29) is 18.0 Å². The molecule has 1 aliphatic carbocycles. The molecule has 0 unspecified atom stereocenters. The van der Waals surface area contributed by atoms with Crippen molar-refractivity contribution in [1.29, 1.82) is 0 Å². The number of hydrogen-bond donors (Lipinski definition) is 0. The first-order chi connectivity index (χ1) is 6.29. The highest BCUT2D eigenvalue weighted by molar-refractivity contribution is 5.90. The fraction of sp³-hybridized carbons (Fsp3) is 0.545. The van der Waals surface area contributed by atoms with E-state index in [2.05, 4.69) is 18.7 Å². The average Bonchev–Trinajstić information content (AvgIpc) is 2.31. The summed E-state index contributed by atoms with van der Waals surface area (Å²) in [5.74, 6) is 0.0920. The lowest BCUT2D eigenvalue weighted by molar-refractivity contribution is -0.139. The van der Waals surface area contributed by atoms with Crippen molar-refractivity contribution in [3.05, 3.63) is 24.3 Å². The van der Waals surface area contributed by atoms with Gasteiger partial charge in [0.25, 0.3) is 0 Å². The van der Waals surface area contributed by atoms with Gasteiger partial charge in [0.2, 0.25) is 0 Å². The molecule has 0 N–H and O–H groups in total. The molecule has 1 saturated heterocycles. The number of ether oxygens (including phenoxy) is 1. The van der Waals surface area contributed by atoms with E-state index >= 15 is 0 Å². The van der Waals surface area contributed by atoms with Crippen molar-refractivity contribution in [2.24, 2.45) is 5.92 Å². The molecule has 2 aliphatic rings. The van der Waals surface area contributed by atoms with Gasteiger partial charge in [0, 0.05) is 11.5 Å². The first kappa shape index (κ1) is 8.54. The molecule has 13 heavy (non-hydrogen) atoms. The highest BCUT2D eigenvalue weighted by Gasteiger charge is 2.37. The fourth-order valence-electron chi connectivity index (χ4n) is 2.06. The highest BCUT2D eigenvalue weighted by atomic mass is 16.6. The lowest BCUT2D eigenvalue weighted by Gasteiger charge is -2.17. The van der Waals surface area contributed by atoms with Gasteiger partial charge in [-0.1, -0.05) is 18.7 Å². The smallest absolute Gasteiger partial charge is 0.334 e. The largest absolute Gasteiger partial charge is 0.458 e. The third kappa shape index (κ3) is 1.53. The van der Waals surface area contributed by atoms with Crippen LogP contribution >= 0.6 is 0 Å². The third-order valence-corrected chi connectivity index (χ3v) is 2.85. The highest BCUT2D eigenvalue weighted by Crippen LogP contribution is 2.34. The number of hydrogen-bond acceptors (Lipinski definition) is 2. The average molecular weight is 178 g/mol. The molecule has 0 saturated carbocycles. The number of esters is 1. The second kappa shape index (κ2) is 3.36. The van der Waals surface area contributed by atoms with Gasteiger partial charge in [0.05, 0.1) is 0 Å². The molecule has 0 radical (unpaired) electrons. The van der Waals surface area contributed by atoms with E-state index < -0.39 is 0 Å². The van der Waals surface area contributed by atoms with E-state index in [0.29, 0.717) is 5.57 Å². The molecule has 2 atom stereocenters. The van der Waals surface area contributed by atoms with Crippen LogP contribution < -0.4 is 0 Å². The first-order valence-electron chi connectivity index (χ1n) is 4.84. The standard InChI is InChI=1S/C11H14O2/c1-8-9-6-4-2-3-5-7-10(9)13-11(8)12/h2-3,9-10H,1,4-7H2/b3-2-/t9-,10+/m0/s1. The van der Waals surface area contributed by atoms with Crippen LogP contribution in [0.4, 0.5) is 0 Å². The SMILES string of the molecule is C=C1C(=O)O[C@@H]2CC/C=C\CC[C@@H]12. The second-order valence-electron chi connectivity index (χ2n) is 3.70. The maximum Gasteiger partial charge on any atom is 0.334 e. The van der Waals surface area contributed by atoms with Gasteiger partial charge in [-0.05, 0) is 25.7 Å². The number of carbonyl (C=O) groups is 1. The summed E-state index contributed by atoms with van der Waals surface area (Å²) in [6.45, 7) is 3.79. The van der Waals surface area contributed by atoms with E-state index in [4.69, 9.17) is 4.74 Å². The van der Waals surface area contributed by atoms with E-state index in [1.54, 1.807) is 0 Å². The molecule has 70 valence electrons. The van der Waals surface area contributed by atoms with E-state index in [1.807, 2.05) is 0 Å². The minimum atomic E-state index is -0.183. The summed E-state index contributed by atoms with van der Waals surface area (Å²) in [6.07, 6.45) is 8.47. The molecule has 1 aliphatic heterocycles. The van der Waals surface area contributed by atoms with Crippen molar-refractivity contribution in [2.45, 2.75) is 31.8 Å². The van der Waals surface area contributed by atoms with Crippen LogP contribution in [0.25, 0.3) is 0 Å². The zero-order chi connectivity index (χ0) is 9.26. The van der Waals surface area contributed by atoms with Crippen molar-refractivity contribution < 1.29 is 9.53 Å². The number of fused-ring (bicyclic) bond motifs is 1. The molecule has 0 bridgehead atoms. The van der Waals surface area contributed by atoms with Crippen molar-refractivity contribution >= 4 is 5.97 Å². The van der Waals surface area contributed by atoms with Crippen LogP contribution in [0.5, 0.6) is 0 Å². The molecule has 0 aromatic carbocycles. The molecule has 1 fully saturated rings. The van der Waals surface area contributed by atoms with Crippen molar-refractivity contribution in [3.8, 4) is 0 Å². The maximum atomic E-state index is 11.2. The minimum absolute atomic E-state index is 0.102. The zero-order valence-corrected chi connectivity index (χ0v) is 7.66. The molecule has 0 aromatic rings. The van der Waals surface area contributed by atoms with Crippen molar-refractivity contribution in [1.82, 2.24) is 0 Å². The summed E-state index contributed by atoms with van der Waals surface area (Å²) in [5.41, 5.74) is 0.681. The number of carbonyl (C=O) groups excluding carboxylic acids is 1. The maximum absolute atomic E-state index is 11.2. The topological polar surface area (TPSA) is 26.3 Å². The van der Waals surface area contributed by atoms with Crippen LogP contribution in [0.15, 0.2) is 24.3 Å². The van der Waals surface area contributed by atoms with Gasteiger partial charge in [-0.2, -0.15) is 0 Å². The van der Waals surface area contributed by atoms with E-state index in [1.165, 1.54) is 0 Å². The predicted octanol–water partition coefficient (Wildman–Crippen LogP) is 2.21. The van der Waals surface area contributed by atoms with Gasteiger partial charge < -0.3 is 4.74 Å². The molecule has 2 heteroatoms. The Kier molecular flexibility index (Phi) is 2.21. The lowest BCUT2D eigenvalue weighted by Crippen LogP contribution is -2.17. The first-order valence-corrected chi connectivity index (χ1v) is 4.84. The van der Waals surface area contributed by atoms with Crippen LogP contribution in [0, 0.1) is 5.92 Å². The summed E-state index contributed by atoms with van der Waals surface area (Å²) >= 11 is 0. The summed E-state index contributed by atoms with van der Waals surface area (Å²) in [7, 11) is 0. The molecule has 2 rings (SSSR count). The van der Waals surface area contributed by atoms with Crippen molar-refractivity contribution in [3.63, 3.8) is 0 Å². The molecular formula is C11H14O2. The van der Waals surface area contributed by atoms with Gasteiger partial charge in [0.1, 0.15) is 6.10 Å². The normalized spacial score (nSPS) is 36.0. The van der Waals surface area contributed by atoms with E-state index in [9.17, 15) is 4.79 Å². The van der Waals surface area contributed by atoms with Crippen LogP contribution in [0.2, 0.25) is 0 Å². The monoisotopic (exact) mass is 178 g/mol. The Morgan fingerprint density at radius 2 is 2.00 bits per heavy atom. The van der Waals surface area contributed by atoms with E-state index in [0.717, 1.165) is 25.7 Å². The lowest BCUT2D eigenvalue weighted by atomic mass is 9.88. The Morgan fingerprint density at radius 3 is 2.77 bits per heavy atom. The quantitative estimate of drug-likeness (QED) is 0.323. The fourth-order valence-corrected chi connectivity index (χ4v) is 2.06. The van der Waals surface area contributed by atoms with Gasteiger partial charge in [0.15, 0.2) is 0 Å². The Hall–Kier alpha value is -1.05. The van der Waals surface area contributed by atoms with Gasteiger partial charge in [-0.25, -0.2) is 4.79 Å². The molecule has 1 heterocycles. The Balaban J connectivity index is 2.14. The molecule has 0 spiro atoms. The minimum Gasteiger partial charge on any atom is -0.458 e. The summed E-state index contributed by atoms with van der Waals surface area (Å²) < 4.78 is 5.24. The van der Waals surface area contributed by atoms with Gasteiger partial charge >= 0.3 is 5.97 Å². The van der Waals surface area contributed by atoms with Crippen LogP contribution in [-0.4, -0.2) is 12.1 Å². The summed E-state index contributed by atoms with van der Waals surface area (Å²) in [4.78, 5) is 11.2. The van der Waals surface area contributed by atoms with Gasteiger partial charge in [-0.15, -0.1) is 0 Å². The molecule has 2 nitrogen and oxygen atoms in total. The second-order valence-corrected chi connectivity index (χ2v) is 3.70. The number of allylic oxidation sites excluding steroid dienone is 2. The Morgan fingerprint density at radius 1 is 1.31 bits per heavy atom.